The van der Waals surface area contributed by atoms with Crippen LogP contribution in [0.2, 0.25) is 0 Å². The molecule has 71 heavy (non-hydrogen) atoms. The summed E-state index contributed by atoms with van der Waals surface area (Å²) in [7, 11) is 0. The Morgan fingerprint density at radius 2 is 0.817 bits per heavy atom. The number of benzene rings is 10. The molecule has 10 aromatic carbocycles. The Kier molecular flexibility index (Phi) is 8.25. The first-order valence-corrected chi connectivity index (χ1v) is 24.0. The molecule has 1 spiro atoms. The second-order valence-electron chi connectivity index (χ2n) is 18.6. The van der Waals surface area contributed by atoms with Crippen LogP contribution < -0.4 is 0 Å². The number of rotatable bonds is 5. The van der Waals surface area contributed by atoms with Gasteiger partial charge in [-0.15, -0.1) is 0 Å². The molecule has 2 aliphatic rings. The van der Waals surface area contributed by atoms with E-state index in [4.69, 9.17) is 15.0 Å². The maximum Gasteiger partial charge on any atom is 0.164 e. The van der Waals surface area contributed by atoms with Crippen molar-refractivity contribution in [2.24, 2.45) is 0 Å². The van der Waals surface area contributed by atoms with Gasteiger partial charge in [-0.25, -0.2) is 15.0 Å². The molecular weight excluding hydrogens is 865 g/mol. The fourth-order valence-corrected chi connectivity index (χ4v) is 12.1. The SMILES string of the molecule is N#Cc1cc(-c2nc(-c3ccccc3)nc(-c3ccccc3)n2)ccc1-n1c2ccccc2c2cc3c(cc21)-c1ccccc1C31c2ccccc2-c2cc(-n3c4ccccc4c4ccccc43)ccc21. The van der Waals surface area contributed by atoms with Crippen LogP contribution in [0.3, 0.4) is 0 Å². The van der Waals surface area contributed by atoms with Gasteiger partial charge in [-0.2, -0.15) is 5.26 Å². The summed E-state index contributed by atoms with van der Waals surface area (Å²) in [5.74, 6) is 1.65. The molecule has 0 bridgehead atoms. The highest BCUT2D eigenvalue weighted by atomic mass is 15.0. The Morgan fingerprint density at radius 1 is 0.338 bits per heavy atom. The van der Waals surface area contributed by atoms with Crippen LogP contribution in [0.1, 0.15) is 27.8 Å². The number of hydrogen-bond donors (Lipinski definition) is 0. The second kappa shape index (κ2) is 14.9. The summed E-state index contributed by atoms with van der Waals surface area (Å²) in [5.41, 5.74) is 18.9. The third-order valence-electron chi connectivity index (χ3n) is 15.0. The predicted molar refractivity (Wildman–Crippen MR) is 286 cm³/mol. The topological polar surface area (TPSA) is 72.3 Å². The average Bonchev–Trinajstić information content (AvgIpc) is 4.15. The number of fused-ring (bicyclic) bond motifs is 16. The largest absolute Gasteiger partial charge is 0.309 e. The molecule has 1 atom stereocenters. The first-order valence-electron chi connectivity index (χ1n) is 24.0. The van der Waals surface area contributed by atoms with E-state index in [2.05, 4.69) is 173 Å². The van der Waals surface area contributed by atoms with Crippen LogP contribution in [0.25, 0.3) is 111 Å². The second-order valence-corrected chi connectivity index (χ2v) is 18.6. The number of nitrogens with zero attached hydrogens (tertiary/aromatic N) is 6. The molecule has 0 aliphatic heterocycles. The van der Waals surface area contributed by atoms with Gasteiger partial charge >= 0.3 is 0 Å². The zero-order valence-electron chi connectivity index (χ0n) is 38.1. The number of nitriles is 1. The standard InChI is InChI=1S/C65H38N6/c66-39-43-35-42(64-68-62(40-17-3-1-4-18-40)67-63(69-64)41-19-5-2-6-20-41)31-34-57(43)71-60-30-16-11-25-49(60)52-37-56-51(38-61(52)71)46-22-8-13-27-54(46)65(56)53-26-12-7-21-45(53)50-36-44(32-33-55(50)65)70-58-28-14-9-23-47(58)48-24-10-15-29-59(48)70/h1-38H. The number of hydrogen-bond acceptors (Lipinski definition) is 4. The van der Waals surface area contributed by atoms with Crippen molar-refractivity contribution in [2.75, 3.05) is 0 Å². The summed E-state index contributed by atoms with van der Waals surface area (Å²) in [6.45, 7) is 0. The zero-order chi connectivity index (χ0) is 46.8. The lowest BCUT2D eigenvalue weighted by molar-refractivity contribution is 0.794. The average molecular weight is 903 g/mol. The van der Waals surface area contributed by atoms with E-state index in [1.165, 1.54) is 66.3 Å². The first kappa shape index (κ1) is 39.3. The van der Waals surface area contributed by atoms with E-state index in [0.717, 1.165) is 49.9 Å². The molecule has 0 saturated carbocycles. The van der Waals surface area contributed by atoms with Gasteiger partial charge in [-0.3, -0.25) is 0 Å². The maximum atomic E-state index is 11.1. The highest BCUT2D eigenvalue weighted by molar-refractivity contribution is 6.13. The molecule has 3 aromatic heterocycles. The molecule has 13 aromatic rings. The lowest BCUT2D eigenvalue weighted by Crippen LogP contribution is -2.25. The van der Waals surface area contributed by atoms with Crippen LogP contribution in [0, 0.1) is 11.3 Å². The molecule has 0 amide bonds. The van der Waals surface area contributed by atoms with Gasteiger partial charge < -0.3 is 9.13 Å². The molecule has 1 unspecified atom stereocenters. The minimum absolute atomic E-state index is 0.502. The number of para-hydroxylation sites is 3. The van der Waals surface area contributed by atoms with E-state index in [0.29, 0.717) is 23.0 Å². The molecule has 0 radical (unpaired) electrons. The minimum Gasteiger partial charge on any atom is -0.309 e. The predicted octanol–water partition coefficient (Wildman–Crippen LogP) is 15.3. The molecule has 3 heterocycles. The van der Waals surface area contributed by atoms with Gasteiger partial charge in [0.15, 0.2) is 17.5 Å². The molecular formula is C65H38N6. The van der Waals surface area contributed by atoms with Crippen molar-refractivity contribution in [2.45, 2.75) is 5.41 Å². The van der Waals surface area contributed by atoms with E-state index in [9.17, 15) is 5.26 Å². The smallest absolute Gasteiger partial charge is 0.164 e. The van der Waals surface area contributed by atoms with Gasteiger partial charge in [0, 0.05) is 43.9 Å². The van der Waals surface area contributed by atoms with Gasteiger partial charge in [0.2, 0.25) is 0 Å². The van der Waals surface area contributed by atoms with Crippen LogP contribution in [0.5, 0.6) is 0 Å². The van der Waals surface area contributed by atoms with E-state index >= 15 is 0 Å². The summed E-state index contributed by atoms with van der Waals surface area (Å²) in [6.07, 6.45) is 0. The fourth-order valence-electron chi connectivity index (χ4n) is 12.1. The van der Waals surface area contributed by atoms with E-state index in [1.807, 2.05) is 72.8 Å². The summed E-state index contributed by atoms with van der Waals surface area (Å²) in [5, 5.41) is 15.8. The highest BCUT2D eigenvalue weighted by Gasteiger charge is 2.52. The molecule has 15 rings (SSSR count). The quantitative estimate of drug-likeness (QED) is 0.172. The van der Waals surface area contributed by atoms with Crippen molar-refractivity contribution in [1.29, 1.82) is 5.26 Å². The summed E-state index contributed by atoms with van der Waals surface area (Å²) >= 11 is 0. The minimum atomic E-state index is -0.560. The lowest BCUT2D eigenvalue weighted by atomic mass is 9.70. The highest BCUT2D eigenvalue weighted by Crippen LogP contribution is 2.64. The zero-order valence-corrected chi connectivity index (χ0v) is 38.1. The van der Waals surface area contributed by atoms with Gasteiger partial charge in [-0.1, -0.05) is 170 Å². The Bertz CT molecular complexity index is 4310. The third-order valence-corrected chi connectivity index (χ3v) is 15.0. The van der Waals surface area contributed by atoms with Crippen LogP contribution in [0.15, 0.2) is 231 Å². The third kappa shape index (κ3) is 5.49. The van der Waals surface area contributed by atoms with Crippen molar-refractivity contribution in [1.82, 2.24) is 24.1 Å². The molecule has 2 aliphatic carbocycles. The fraction of sp³-hybridized carbons (Fsp3) is 0.0154. The Balaban J connectivity index is 0.937. The van der Waals surface area contributed by atoms with Gasteiger partial charge in [0.1, 0.15) is 6.07 Å². The molecule has 6 nitrogen and oxygen atoms in total. The maximum absolute atomic E-state index is 11.1. The van der Waals surface area contributed by atoms with Crippen molar-refractivity contribution in [3.05, 3.63) is 258 Å². The Hall–Kier alpha value is -9.70. The molecule has 328 valence electrons. The summed E-state index contributed by atoms with van der Waals surface area (Å²) in [6, 6.07) is 84.5. The van der Waals surface area contributed by atoms with Crippen molar-refractivity contribution < 1.29 is 0 Å². The molecule has 6 heteroatoms. The number of aromatic nitrogens is 5. The van der Waals surface area contributed by atoms with Crippen LogP contribution in [-0.4, -0.2) is 24.1 Å². The van der Waals surface area contributed by atoms with Crippen molar-refractivity contribution in [3.63, 3.8) is 0 Å². The van der Waals surface area contributed by atoms with Crippen LogP contribution in [-0.2, 0) is 5.41 Å². The lowest BCUT2D eigenvalue weighted by Gasteiger charge is -2.30. The van der Waals surface area contributed by atoms with Crippen molar-refractivity contribution >= 4 is 43.6 Å². The van der Waals surface area contributed by atoms with Gasteiger partial charge in [-0.05, 0) is 105 Å². The molecule has 0 saturated heterocycles. The normalized spacial score (nSPS) is 14.2. The van der Waals surface area contributed by atoms with E-state index in [-0.39, 0.29) is 0 Å². The monoisotopic (exact) mass is 902 g/mol. The van der Waals surface area contributed by atoms with Crippen molar-refractivity contribution in [3.8, 4) is 73.9 Å². The summed E-state index contributed by atoms with van der Waals surface area (Å²) < 4.78 is 4.69. The molecule has 0 N–H and O–H groups in total. The Morgan fingerprint density at radius 3 is 1.41 bits per heavy atom. The first-order chi connectivity index (χ1) is 35.2. The van der Waals surface area contributed by atoms with Crippen LogP contribution in [0.4, 0.5) is 0 Å². The van der Waals surface area contributed by atoms with E-state index < -0.39 is 5.41 Å². The van der Waals surface area contributed by atoms with Crippen LogP contribution >= 0.6 is 0 Å². The molecule has 0 fully saturated rings. The van der Waals surface area contributed by atoms with Gasteiger partial charge in [0.05, 0.1) is 38.7 Å². The Labute approximate surface area is 408 Å². The summed E-state index contributed by atoms with van der Waals surface area (Å²) in [4.78, 5) is 14.9. The van der Waals surface area contributed by atoms with Gasteiger partial charge in [0.25, 0.3) is 0 Å². The van der Waals surface area contributed by atoms with E-state index in [1.54, 1.807) is 0 Å².